The zero-order valence-electron chi connectivity index (χ0n) is 7.16. The quantitative estimate of drug-likeness (QED) is 0.703. The number of tetrazole rings is 1. The summed E-state index contributed by atoms with van der Waals surface area (Å²) in [5.74, 6) is 0.794. The van der Waals surface area contributed by atoms with Gasteiger partial charge in [0, 0.05) is 6.42 Å². The Kier molecular flexibility index (Phi) is 2.20. The number of H-pyrrole nitrogens is 1. The largest absolute Gasteiger partial charge is 0.292 e. The van der Waals surface area contributed by atoms with Crippen molar-refractivity contribution in [2.75, 3.05) is 5.32 Å². The predicted octanol–water partition coefficient (Wildman–Crippen LogP) is 0.328. The third-order valence-electron chi connectivity index (χ3n) is 2.30. The number of nitrogens with zero attached hydrogens (tertiary/aromatic N) is 3. The number of aromatic amines is 1. The van der Waals surface area contributed by atoms with Gasteiger partial charge < -0.3 is 0 Å². The van der Waals surface area contributed by atoms with Gasteiger partial charge in [-0.15, -0.1) is 5.10 Å². The molecule has 0 aliphatic heterocycles. The second kappa shape index (κ2) is 3.51. The summed E-state index contributed by atoms with van der Waals surface area (Å²) in [5.41, 5.74) is 0. The lowest BCUT2D eigenvalue weighted by atomic mass is 9.83. The number of amides is 1. The molecule has 0 saturated heterocycles. The Hall–Kier alpha value is -1.46. The van der Waals surface area contributed by atoms with Gasteiger partial charge in [-0.2, -0.15) is 5.21 Å². The Labute approximate surface area is 75.1 Å². The second-order valence-electron chi connectivity index (χ2n) is 3.28. The minimum absolute atomic E-state index is 0.0221. The van der Waals surface area contributed by atoms with E-state index in [4.69, 9.17) is 0 Å². The Morgan fingerprint density at radius 1 is 1.62 bits per heavy atom. The number of rotatable bonds is 3. The summed E-state index contributed by atoms with van der Waals surface area (Å²) in [6.07, 6.45) is 4.16. The van der Waals surface area contributed by atoms with Crippen molar-refractivity contribution in [3.8, 4) is 0 Å². The SMILES string of the molecule is O=C(CC1CCC1)Nc1nn[nH]n1. The van der Waals surface area contributed by atoms with Crippen molar-refractivity contribution in [1.82, 2.24) is 20.6 Å². The van der Waals surface area contributed by atoms with Crippen LogP contribution in [0.5, 0.6) is 0 Å². The number of carbonyl (C=O) groups is 1. The van der Waals surface area contributed by atoms with E-state index in [1.807, 2.05) is 0 Å². The monoisotopic (exact) mass is 181 g/mol. The van der Waals surface area contributed by atoms with E-state index in [0.717, 1.165) is 0 Å². The highest BCUT2D eigenvalue weighted by Gasteiger charge is 2.20. The minimum atomic E-state index is -0.0221. The number of nitrogens with one attached hydrogen (secondary N) is 2. The molecule has 2 rings (SSSR count). The Morgan fingerprint density at radius 2 is 2.46 bits per heavy atom. The van der Waals surface area contributed by atoms with Crippen molar-refractivity contribution in [2.24, 2.45) is 5.92 Å². The molecule has 0 atom stereocenters. The van der Waals surface area contributed by atoms with E-state index < -0.39 is 0 Å². The third kappa shape index (κ3) is 2.01. The first kappa shape index (κ1) is 8.15. The van der Waals surface area contributed by atoms with Crippen LogP contribution in [0.3, 0.4) is 0 Å². The van der Waals surface area contributed by atoms with Crippen molar-refractivity contribution >= 4 is 11.9 Å². The van der Waals surface area contributed by atoms with Crippen molar-refractivity contribution in [1.29, 1.82) is 0 Å². The average Bonchev–Trinajstić information content (AvgIpc) is 2.49. The fraction of sp³-hybridized carbons (Fsp3) is 0.714. The fourth-order valence-corrected chi connectivity index (χ4v) is 1.35. The summed E-state index contributed by atoms with van der Waals surface area (Å²) < 4.78 is 0. The van der Waals surface area contributed by atoms with Crippen LogP contribution in [0, 0.1) is 5.92 Å². The summed E-state index contributed by atoms with van der Waals surface area (Å²) in [6.45, 7) is 0. The van der Waals surface area contributed by atoms with E-state index in [1.54, 1.807) is 0 Å². The molecular weight excluding hydrogens is 170 g/mol. The summed E-state index contributed by atoms with van der Waals surface area (Å²) in [7, 11) is 0. The molecule has 6 nitrogen and oxygen atoms in total. The minimum Gasteiger partial charge on any atom is -0.292 e. The zero-order valence-corrected chi connectivity index (χ0v) is 7.16. The van der Waals surface area contributed by atoms with Gasteiger partial charge >= 0.3 is 0 Å². The van der Waals surface area contributed by atoms with Crippen molar-refractivity contribution in [2.45, 2.75) is 25.7 Å². The molecule has 0 unspecified atom stereocenters. The van der Waals surface area contributed by atoms with E-state index >= 15 is 0 Å². The Morgan fingerprint density at radius 3 is 3.00 bits per heavy atom. The van der Waals surface area contributed by atoms with E-state index in [-0.39, 0.29) is 11.9 Å². The summed E-state index contributed by atoms with van der Waals surface area (Å²) in [6, 6.07) is 0. The molecule has 0 aromatic carbocycles. The van der Waals surface area contributed by atoms with Gasteiger partial charge in [-0.3, -0.25) is 10.1 Å². The van der Waals surface area contributed by atoms with Crippen LogP contribution in [0.1, 0.15) is 25.7 Å². The molecule has 1 aliphatic rings. The number of aromatic nitrogens is 4. The number of hydrogen-bond acceptors (Lipinski definition) is 4. The van der Waals surface area contributed by atoms with Crippen LogP contribution in [0.2, 0.25) is 0 Å². The second-order valence-corrected chi connectivity index (χ2v) is 3.28. The maximum absolute atomic E-state index is 11.3. The molecule has 6 heteroatoms. The first-order chi connectivity index (χ1) is 6.34. The van der Waals surface area contributed by atoms with E-state index in [2.05, 4.69) is 25.9 Å². The lowest BCUT2D eigenvalue weighted by Gasteiger charge is -2.23. The molecule has 1 aromatic rings. The van der Waals surface area contributed by atoms with Crippen molar-refractivity contribution in [3.05, 3.63) is 0 Å². The van der Waals surface area contributed by atoms with Crippen LogP contribution in [0.4, 0.5) is 5.95 Å². The number of anilines is 1. The maximum atomic E-state index is 11.3. The molecule has 70 valence electrons. The maximum Gasteiger partial charge on any atom is 0.269 e. The molecule has 0 spiro atoms. The Bertz CT molecular complexity index is 279. The summed E-state index contributed by atoms with van der Waals surface area (Å²) in [5, 5.41) is 15.4. The first-order valence-corrected chi connectivity index (χ1v) is 4.38. The number of carbonyl (C=O) groups excluding carboxylic acids is 1. The van der Waals surface area contributed by atoms with Crippen LogP contribution >= 0.6 is 0 Å². The topological polar surface area (TPSA) is 83.6 Å². The molecule has 0 radical (unpaired) electrons. The average molecular weight is 181 g/mol. The summed E-state index contributed by atoms with van der Waals surface area (Å²) >= 11 is 0. The van der Waals surface area contributed by atoms with Crippen molar-refractivity contribution < 1.29 is 4.79 Å². The van der Waals surface area contributed by atoms with Gasteiger partial charge in [0.2, 0.25) is 5.91 Å². The van der Waals surface area contributed by atoms with E-state index in [1.165, 1.54) is 19.3 Å². The fourth-order valence-electron chi connectivity index (χ4n) is 1.35. The van der Waals surface area contributed by atoms with Gasteiger partial charge in [-0.25, -0.2) is 0 Å². The van der Waals surface area contributed by atoms with E-state index in [9.17, 15) is 4.79 Å². The van der Waals surface area contributed by atoms with Crippen LogP contribution in [-0.4, -0.2) is 26.5 Å². The highest BCUT2D eigenvalue weighted by atomic mass is 16.1. The smallest absolute Gasteiger partial charge is 0.269 e. The number of hydrogen-bond donors (Lipinski definition) is 2. The molecule has 1 aliphatic carbocycles. The van der Waals surface area contributed by atoms with Crippen molar-refractivity contribution in [3.63, 3.8) is 0 Å². The molecule has 1 aromatic heterocycles. The third-order valence-corrected chi connectivity index (χ3v) is 2.30. The molecule has 1 heterocycles. The molecule has 2 N–H and O–H groups in total. The normalized spacial score (nSPS) is 16.6. The highest BCUT2D eigenvalue weighted by molar-refractivity contribution is 5.88. The van der Waals surface area contributed by atoms with Gasteiger partial charge in [0.25, 0.3) is 5.95 Å². The standard InChI is InChI=1S/C7H11N5O/c13-6(4-5-2-1-3-5)8-7-9-11-12-10-7/h5H,1-4H2,(H2,8,9,10,11,12,13). The zero-order chi connectivity index (χ0) is 9.10. The van der Waals surface area contributed by atoms with Crippen LogP contribution < -0.4 is 5.32 Å². The van der Waals surface area contributed by atoms with Gasteiger partial charge in [0.15, 0.2) is 0 Å². The summed E-state index contributed by atoms with van der Waals surface area (Å²) in [4.78, 5) is 11.3. The van der Waals surface area contributed by atoms with Crippen LogP contribution in [0.15, 0.2) is 0 Å². The first-order valence-electron chi connectivity index (χ1n) is 4.38. The predicted molar refractivity (Wildman–Crippen MR) is 44.8 cm³/mol. The molecule has 1 amide bonds. The van der Waals surface area contributed by atoms with Gasteiger partial charge in [-0.05, 0) is 24.0 Å². The lowest BCUT2D eigenvalue weighted by Crippen LogP contribution is -2.21. The molecule has 1 fully saturated rings. The van der Waals surface area contributed by atoms with Crippen LogP contribution in [-0.2, 0) is 4.79 Å². The molecule has 13 heavy (non-hydrogen) atoms. The molecule has 0 bridgehead atoms. The Balaban J connectivity index is 1.78. The van der Waals surface area contributed by atoms with Gasteiger partial charge in [0.1, 0.15) is 0 Å². The van der Waals surface area contributed by atoms with Gasteiger partial charge in [-0.1, -0.05) is 11.5 Å². The highest BCUT2D eigenvalue weighted by Crippen LogP contribution is 2.29. The van der Waals surface area contributed by atoms with Crippen LogP contribution in [0.25, 0.3) is 0 Å². The molecule has 1 saturated carbocycles. The molecular formula is C7H11N5O. The lowest BCUT2D eigenvalue weighted by molar-refractivity contribution is -0.117. The van der Waals surface area contributed by atoms with E-state index in [0.29, 0.717) is 12.3 Å². The van der Waals surface area contributed by atoms with Gasteiger partial charge in [0.05, 0.1) is 0 Å².